The van der Waals surface area contributed by atoms with Crippen LogP contribution in [0, 0.1) is 6.92 Å². The minimum atomic E-state index is -3.71. The fraction of sp³-hybridized carbons (Fsp3) is 0.458. The van der Waals surface area contributed by atoms with Gasteiger partial charge in [0.2, 0.25) is 15.9 Å². The Hall–Kier alpha value is -2.74. The topological polar surface area (TPSA) is 84.9 Å². The Labute approximate surface area is 191 Å². The number of anilines is 1. The first-order valence-electron chi connectivity index (χ1n) is 10.8. The summed E-state index contributed by atoms with van der Waals surface area (Å²) >= 11 is 0. The van der Waals surface area contributed by atoms with E-state index in [9.17, 15) is 13.2 Å². The number of nitrogens with one attached hydrogen (secondary N) is 1. The first-order valence-corrected chi connectivity index (χ1v) is 12.7. The maximum absolute atomic E-state index is 13.3. The molecule has 0 aliphatic heterocycles. The second kappa shape index (κ2) is 11.2. The van der Waals surface area contributed by atoms with Crippen LogP contribution in [0.25, 0.3) is 0 Å². The number of aryl methyl sites for hydroxylation is 1. The summed E-state index contributed by atoms with van der Waals surface area (Å²) in [5.41, 5.74) is 2.34. The highest BCUT2D eigenvalue weighted by molar-refractivity contribution is 7.92. The largest absolute Gasteiger partial charge is 0.496 e. The maximum atomic E-state index is 13.3. The number of hydrogen-bond acceptors (Lipinski definition) is 5. The Morgan fingerprint density at radius 1 is 1.06 bits per heavy atom. The average Bonchev–Trinajstić information content (AvgIpc) is 2.75. The second-order valence-corrected chi connectivity index (χ2v) is 9.47. The highest BCUT2D eigenvalue weighted by Crippen LogP contribution is 2.27. The minimum absolute atomic E-state index is 0.247. The molecule has 0 unspecified atom stereocenters. The van der Waals surface area contributed by atoms with E-state index in [1.165, 1.54) is 4.31 Å². The van der Waals surface area contributed by atoms with Gasteiger partial charge in [0.05, 0.1) is 31.7 Å². The Balaban J connectivity index is 2.33. The molecule has 0 aromatic heterocycles. The van der Waals surface area contributed by atoms with Crippen molar-refractivity contribution in [1.29, 1.82) is 0 Å². The number of nitrogens with zero attached hydrogens (tertiary/aromatic N) is 1. The van der Waals surface area contributed by atoms with Gasteiger partial charge in [0.15, 0.2) is 0 Å². The molecule has 176 valence electrons. The van der Waals surface area contributed by atoms with E-state index >= 15 is 0 Å². The standard InChI is InChI=1S/C24H34N2O5S/c1-7-21(18-10-15-23(30-5)17(4)16-18)25-24(27)22(8-2)26(32(6,28)29)19-11-13-20(14-12-19)31-9-3/h10-16,21-22H,7-9H2,1-6H3,(H,25,27)/t21-,22+/m0/s1. The van der Waals surface area contributed by atoms with Gasteiger partial charge in [0, 0.05) is 0 Å². The summed E-state index contributed by atoms with van der Waals surface area (Å²) in [7, 11) is -2.09. The molecular formula is C24H34N2O5S. The molecule has 0 aliphatic carbocycles. The number of rotatable bonds is 11. The Morgan fingerprint density at radius 3 is 2.19 bits per heavy atom. The molecule has 0 fully saturated rings. The maximum Gasteiger partial charge on any atom is 0.244 e. The molecule has 1 N–H and O–H groups in total. The van der Waals surface area contributed by atoms with Crippen LogP contribution in [-0.2, 0) is 14.8 Å². The number of carbonyl (C=O) groups excluding carboxylic acids is 1. The van der Waals surface area contributed by atoms with Crippen LogP contribution < -0.4 is 19.1 Å². The lowest BCUT2D eigenvalue weighted by molar-refractivity contribution is -0.123. The van der Waals surface area contributed by atoms with Gasteiger partial charge in [-0.15, -0.1) is 0 Å². The highest BCUT2D eigenvalue weighted by Gasteiger charge is 2.32. The molecule has 0 saturated heterocycles. The molecule has 32 heavy (non-hydrogen) atoms. The third kappa shape index (κ3) is 6.16. The van der Waals surface area contributed by atoms with Crippen molar-refractivity contribution >= 4 is 21.6 Å². The van der Waals surface area contributed by atoms with E-state index in [-0.39, 0.29) is 11.9 Å². The molecule has 2 aromatic carbocycles. The Kier molecular flexibility index (Phi) is 8.95. The van der Waals surface area contributed by atoms with Crippen LogP contribution in [0.1, 0.15) is 50.8 Å². The van der Waals surface area contributed by atoms with Crippen molar-refractivity contribution in [3.05, 3.63) is 53.6 Å². The quantitative estimate of drug-likeness (QED) is 0.541. The molecule has 8 heteroatoms. The number of benzene rings is 2. The molecule has 0 heterocycles. The van der Waals surface area contributed by atoms with Crippen LogP contribution in [0.4, 0.5) is 5.69 Å². The summed E-state index contributed by atoms with van der Waals surface area (Å²) < 4.78 is 37.3. The molecule has 0 spiro atoms. The number of amides is 1. The summed E-state index contributed by atoms with van der Waals surface area (Å²) in [6.45, 7) is 8.12. The van der Waals surface area contributed by atoms with Gasteiger partial charge in [-0.25, -0.2) is 8.42 Å². The Morgan fingerprint density at radius 2 is 1.72 bits per heavy atom. The molecule has 7 nitrogen and oxygen atoms in total. The van der Waals surface area contributed by atoms with Gasteiger partial charge in [-0.2, -0.15) is 0 Å². The van der Waals surface area contributed by atoms with Crippen molar-refractivity contribution in [3.63, 3.8) is 0 Å². The lowest BCUT2D eigenvalue weighted by atomic mass is 10.0. The van der Waals surface area contributed by atoms with Crippen molar-refractivity contribution in [2.75, 3.05) is 24.3 Å². The molecule has 0 bridgehead atoms. The molecule has 1 amide bonds. The molecule has 2 aromatic rings. The van der Waals surface area contributed by atoms with Crippen molar-refractivity contribution < 1.29 is 22.7 Å². The van der Waals surface area contributed by atoms with Crippen molar-refractivity contribution in [3.8, 4) is 11.5 Å². The fourth-order valence-corrected chi connectivity index (χ4v) is 4.94. The number of hydrogen-bond donors (Lipinski definition) is 1. The van der Waals surface area contributed by atoms with Gasteiger partial charge < -0.3 is 14.8 Å². The van der Waals surface area contributed by atoms with E-state index in [0.717, 1.165) is 23.1 Å². The third-order valence-corrected chi connectivity index (χ3v) is 6.46. The molecule has 0 aliphatic rings. The predicted molar refractivity (Wildman–Crippen MR) is 128 cm³/mol. The van der Waals surface area contributed by atoms with Gasteiger partial charge in [-0.05, 0) is 68.1 Å². The molecule has 0 saturated carbocycles. The molecular weight excluding hydrogens is 428 g/mol. The second-order valence-electron chi connectivity index (χ2n) is 7.61. The van der Waals surface area contributed by atoms with Gasteiger partial charge in [-0.3, -0.25) is 9.10 Å². The van der Waals surface area contributed by atoms with Gasteiger partial charge in [0.1, 0.15) is 17.5 Å². The van der Waals surface area contributed by atoms with Crippen molar-refractivity contribution in [1.82, 2.24) is 5.32 Å². The number of methoxy groups -OCH3 is 1. The van der Waals surface area contributed by atoms with E-state index < -0.39 is 16.1 Å². The zero-order valence-corrected chi connectivity index (χ0v) is 20.5. The summed E-state index contributed by atoms with van der Waals surface area (Å²) in [6, 6.07) is 11.4. The lowest BCUT2D eigenvalue weighted by Gasteiger charge is -2.31. The van der Waals surface area contributed by atoms with Crippen LogP contribution in [0.3, 0.4) is 0 Å². The van der Waals surface area contributed by atoms with E-state index in [1.54, 1.807) is 38.3 Å². The number of sulfonamides is 1. The first kappa shape index (κ1) is 25.5. The molecule has 2 atom stereocenters. The zero-order chi connectivity index (χ0) is 23.9. The van der Waals surface area contributed by atoms with E-state index in [0.29, 0.717) is 30.9 Å². The van der Waals surface area contributed by atoms with Crippen molar-refractivity contribution in [2.45, 2.75) is 52.6 Å². The Bertz CT molecular complexity index is 1010. The average molecular weight is 463 g/mol. The monoisotopic (exact) mass is 462 g/mol. The van der Waals surface area contributed by atoms with Crippen LogP contribution in [-0.4, -0.2) is 40.3 Å². The number of carbonyl (C=O) groups is 1. The van der Waals surface area contributed by atoms with Gasteiger partial charge >= 0.3 is 0 Å². The van der Waals surface area contributed by atoms with Crippen LogP contribution in [0.2, 0.25) is 0 Å². The van der Waals surface area contributed by atoms with E-state index in [1.807, 2.05) is 39.0 Å². The van der Waals surface area contributed by atoms with Crippen LogP contribution in [0.15, 0.2) is 42.5 Å². The summed E-state index contributed by atoms with van der Waals surface area (Å²) in [4.78, 5) is 13.3. The lowest BCUT2D eigenvalue weighted by Crippen LogP contribution is -2.50. The fourth-order valence-electron chi connectivity index (χ4n) is 3.72. The summed E-state index contributed by atoms with van der Waals surface area (Å²) in [5.74, 6) is 1.08. The smallest absolute Gasteiger partial charge is 0.244 e. The van der Waals surface area contributed by atoms with E-state index in [4.69, 9.17) is 9.47 Å². The zero-order valence-electron chi connectivity index (χ0n) is 19.7. The summed E-state index contributed by atoms with van der Waals surface area (Å²) in [6.07, 6.45) is 2.10. The van der Waals surface area contributed by atoms with Gasteiger partial charge in [0.25, 0.3) is 0 Å². The van der Waals surface area contributed by atoms with E-state index in [2.05, 4.69) is 5.32 Å². The SMILES string of the molecule is CCOc1ccc(N([C@H](CC)C(=O)N[C@@H](CC)c2ccc(OC)c(C)c2)S(C)(=O)=O)cc1. The minimum Gasteiger partial charge on any atom is -0.496 e. The molecule has 2 rings (SSSR count). The summed E-state index contributed by atoms with van der Waals surface area (Å²) in [5, 5.41) is 3.04. The predicted octanol–water partition coefficient (Wildman–Crippen LogP) is 4.21. The normalized spacial score (nSPS) is 13.2. The van der Waals surface area contributed by atoms with Crippen LogP contribution in [0.5, 0.6) is 11.5 Å². The highest BCUT2D eigenvalue weighted by atomic mass is 32.2. The van der Waals surface area contributed by atoms with Gasteiger partial charge in [-0.1, -0.05) is 26.0 Å². The van der Waals surface area contributed by atoms with Crippen LogP contribution >= 0.6 is 0 Å². The first-order chi connectivity index (χ1) is 15.2. The van der Waals surface area contributed by atoms with Crippen molar-refractivity contribution in [2.24, 2.45) is 0 Å². The number of ether oxygens (including phenoxy) is 2. The molecule has 0 radical (unpaired) electrons. The third-order valence-electron chi connectivity index (χ3n) is 5.28.